The standard InChI is InChI=1S/C10H11NO3/c1-3-10(11(12)13)8-4-6-9(14-2)7-5-8/h3-7H,1-2H3/b10-3-. The van der Waals surface area contributed by atoms with Gasteiger partial charge in [-0.15, -0.1) is 0 Å². The molecule has 0 aliphatic carbocycles. The van der Waals surface area contributed by atoms with Gasteiger partial charge in [-0.3, -0.25) is 10.1 Å². The third-order valence-corrected chi connectivity index (χ3v) is 1.86. The molecule has 0 fully saturated rings. The first-order valence-electron chi connectivity index (χ1n) is 4.14. The number of ether oxygens (including phenoxy) is 1. The van der Waals surface area contributed by atoms with Crippen molar-refractivity contribution in [1.29, 1.82) is 0 Å². The van der Waals surface area contributed by atoms with Crippen molar-refractivity contribution in [2.45, 2.75) is 6.92 Å². The number of nitrogens with zero attached hydrogens (tertiary/aromatic N) is 1. The van der Waals surface area contributed by atoms with Crippen LogP contribution in [0.1, 0.15) is 12.5 Å². The molecule has 74 valence electrons. The van der Waals surface area contributed by atoms with Gasteiger partial charge >= 0.3 is 0 Å². The number of benzene rings is 1. The lowest BCUT2D eigenvalue weighted by atomic mass is 10.1. The van der Waals surface area contributed by atoms with E-state index >= 15 is 0 Å². The number of allylic oxidation sites excluding steroid dienone is 1. The summed E-state index contributed by atoms with van der Waals surface area (Å²) >= 11 is 0. The molecule has 0 saturated heterocycles. The van der Waals surface area contributed by atoms with Crippen molar-refractivity contribution in [2.24, 2.45) is 0 Å². The summed E-state index contributed by atoms with van der Waals surface area (Å²) in [6.45, 7) is 1.64. The molecule has 1 rings (SSSR count). The van der Waals surface area contributed by atoms with E-state index in [4.69, 9.17) is 4.74 Å². The maximum Gasteiger partial charge on any atom is 0.272 e. The van der Waals surface area contributed by atoms with Crippen LogP contribution in [0.5, 0.6) is 5.75 Å². The van der Waals surface area contributed by atoms with Crippen LogP contribution in [0, 0.1) is 10.1 Å². The second-order valence-corrected chi connectivity index (χ2v) is 2.66. The van der Waals surface area contributed by atoms with E-state index in [2.05, 4.69) is 0 Å². The third-order valence-electron chi connectivity index (χ3n) is 1.86. The zero-order valence-electron chi connectivity index (χ0n) is 8.06. The zero-order chi connectivity index (χ0) is 10.6. The molecule has 0 spiro atoms. The Morgan fingerprint density at radius 3 is 2.36 bits per heavy atom. The molecule has 0 saturated carbocycles. The molecule has 0 atom stereocenters. The second kappa shape index (κ2) is 4.41. The van der Waals surface area contributed by atoms with Crippen LogP contribution in [0.15, 0.2) is 30.3 Å². The zero-order valence-corrected chi connectivity index (χ0v) is 8.06. The van der Waals surface area contributed by atoms with Crippen LogP contribution < -0.4 is 4.74 Å². The van der Waals surface area contributed by atoms with E-state index in [-0.39, 0.29) is 5.70 Å². The van der Waals surface area contributed by atoms with E-state index in [1.807, 2.05) is 0 Å². The van der Waals surface area contributed by atoms with Gasteiger partial charge < -0.3 is 4.74 Å². The summed E-state index contributed by atoms with van der Waals surface area (Å²) in [5.74, 6) is 0.688. The fraction of sp³-hybridized carbons (Fsp3) is 0.200. The molecule has 0 aliphatic heterocycles. The van der Waals surface area contributed by atoms with Crippen molar-refractivity contribution in [2.75, 3.05) is 7.11 Å². The van der Waals surface area contributed by atoms with Gasteiger partial charge in [0, 0.05) is 0 Å². The van der Waals surface area contributed by atoms with Gasteiger partial charge in [-0.25, -0.2) is 0 Å². The van der Waals surface area contributed by atoms with E-state index < -0.39 is 4.92 Å². The minimum absolute atomic E-state index is 0.104. The normalized spacial score (nSPS) is 11.1. The largest absolute Gasteiger partial charge is 0.497 e. The van der Waals surface area contributed by atoms with Crippen LogP contribution in [-0.2, 0) is 0 Å². The molecule has 0 N–H and O–H groups in total. The molecule has 0 radical (unpaired) electrons. The van der Waals surface area contributed by atoms with Crippen LogP contribution in [0.4, 0.5) is 0 Å². The van der Waals surface area contributed by atoms with Crippen molar-refractivity contribution >= 4 is 5.70 Å². The molecule has 0 aromatic heterocycles. The summed E-state index contributed by atoms with van der Waals surface area (Å²) in [7, 11) is 1.55. The predicted molar refractivity (Wildman–Crippen MR) is 53.6 cm³/mol. The highest BCUT2D eigenvalue weighted by Gasteiger charge is 2.11. The minimum atomic E-state index is -0.401. The Kier molecular flexibility index (Phi) is 3.23. The van der Waals surface area contributed by atoms with Gasteiger partial charge in [0.2, 0.25) is 0 Å². The number of rotatable bonds is 3. The number of hydrogen-bond acceptors (Lipinski definition) is 3. The Bertz CT molecular complexity index is 354. The highest BCUT2D eigenvalue weighted by molar-refractivity contribution is 5.58. The summed E-state index contributed by atoms with van der Waals surface area (Å²) in [5.41, 5.74) is 0.686. The number of hydrogen-bond donors (Lipinski definition) is 0. The molecule has 0 bridgehead atoms. The van der Waals surface area contributed by atoms with Crippen molar-refractivity contribution < 1.29 is 9.66 Å². The monoisotopic (exact) mass is 193 g/mol. The summed E-state index contributed by atoms with van der Waals surface area (Å²) in [5, 5.41) is 10.6. The Morgan fingerprint density at radius 2 is 2.00 bits per heavy atom. The van der Waals surface area contributed by atoms with E-state index in [1.54, 1.807) is 38.3 Å². The molecule has 4 nitrogen and oxygen atoms in total. The maximum absolute atomic E-state index is 10.6. The fourth-order valence-electron chi connectivity index (χ4n) is 1.14. The first-order valence-corrected chi connectivity index (χ1v) is 4.14. The smallest absolute Gasteiger partial charge is 0.272 e. The van der Waals surface area contributed by atoms with Gasteiger partial charge in [0.1, 0.15) is 5.75 Å². The van der Waals surface area contributed by atoms with Gasteiger partial charge in [-0.2, -0.15) is 0 Å². The lowest BCUT2D eigenvalue weighted by Crippen LogP contribution is -1.97. The maximum atomic E-state index is 10.6. The molecule has 4 heteroatoms. The van der Waals surface area contributed by atoms with Crippen LogP contribution >= 0.6 is 0 Å². The van der Waals surface area contributed by atoms with Gasteiger partial charge in [0.05, 0.1) is 17.6 Å². The first kappa shape index (κ1) is 10.2. The average Bonchev–Trinajstić information content (AvgIpc) is 2.19. The third kappa shape index (κ3) is 2.10. The Labute approximate surface area is 82.0 Å². The summed E-state index contributed by atoms with van der Waals surface area (Å²) < 4.78 is 4.95. The molecule has 14 heavy (non-hydrogen) atoms. The van der Waals surface area contributed by atoms with Gasteiger partial charge in [-0.1, -0.05) is 0 Å². The topological polar surface area (TPSA) is 52.4 Å². The van der Waals surface area contributed by atoms with Crippen molar-refractivity contribution in [3.05, 3.63) is 46.0 Å². The SMILES string of the molecule is C/C=C(/c1ccc(OC)cc1)[N+](=O)[O-]. The number of methoxy groups -OCH3 is 1. The second-order valence-electron chi connectivity index (χ2n) is 2.66. The first-order chi connectivity index (χ1) is 6.69. The van der Waals surface area contributed by atoms with Gasteiger partial charge in [0.15, 0.2) is 0 Å². The highest BCUT2D eigenvalue weighted by atomic mass is 16.6. The van der Waals surface area contributed by atoms with Crippen LogP contribution in [0.3, 0.4) is 0 Å². The summed E-state index contributed by atoms with van der Waals surface area (Å²) in [6.07, 6.45) is 1.47. The predicted octanol–water partition coefficient (Wildman–Crippen LogP) is 2.33. The molecule has 0 unspecified atom stereocenters. The molecule has 0 heterocycles. The molecular weight excluding hydrogens is 182 g/mol. The lowest BCUT2D eigenvalue weighted by Gasteiger charge is -2.00. The summed E-state index contributed by atoms with van der Waals surface area (Å²) in [6, 6.07) is 6.72. The minimum Gasteiger partial charge on any atom is -0.497 e. The average molecular weight is 193 g/mol. The molecule has 0 aliphatic rings. The Hall–Kier alpha value is -1.84. The molecular formula is C10H11NO3. The van der Waals surface area contributed by atoms with Crippen molar-refractivity contribution in [3.63, 3.8) is 0 Å². The van der Waals surface area contributed by atoms with Gasteiger partial charge in [-0.05, 0) is 37.3 Å². The molecule has 1 aromatic rings. The quantitative estimate of drug-likeness (QED) is 0.546. The van der Waals surface area contributed by atoms with E-state index in [0.29, 0.717) is 11.3 Å². The molecule has 1 aromatic carbocycles. The fourth-order valence-corrected chi connectivity index (χ4v) is 1.14. The number of nitro groups is 1. The van der Waals surface area contributed by atoms with Crippen LogP contribution in [0.25, 0.3) is 5.70 Å². The van der Waals surface area contributed by atoms with E-state index in [1.165, 1.54) is 6.08 Å². The van der Waals surface area contributed by atoms with Gasteiger partial charge in [0.25, 0.3) is 5.70 Å². The Morgan fingerprint density at radius 1 is 1.43 bits per heavy atom. The van der Waals surface area contributed by atoms with Crippen molar-refractivity contribution in [3.8, 4) is 5.75 Å². The lowest BCUT2D eigenvalue weighted by molar-refractivity contribution is -0.375. The summed E-state index contributed by atoms with van der Waals surface area (Å²) in [4.78, 5) is 10.2. The van der Waals surface area contributed by atoms with Crippen LogP contribution in [0.2, 0.25) is 0 Å². The van der Waals surface area contributed by atoms with Crippen molar-refractivity contribution in [1.82, 2.24) is 0 Å². The van der Waals surface area contributed by atoms with E-state index in [9.17, 15) is 10.1 Å². The van der Waals surface area contributed by atoms with Crippen LogP contribution in [-0.4, -0.2) is 12.0 Å². The van der Waals surface area contributed by atoms with E-state index in [0.717, 1.165) is 0 Å². The highest BCUT2D eigenvalue weighted by Crippen LogP contribution is 2.18. The Balaban J connectivity index is 3.02. The molecule has 0 amide bonds.